The summed E-state index contributed by atoms with van der Waals surface area (Å²) in [6.07, 6.45) is 5.88. The summed E-state index contributed by atoms with van der Waals surface area (Å²) in [6, 6.07) is 5.27. The van der Waals surface area contributed by atoms with Gasteiger partial charge in [-0.25, -0.2) is 8.42 Å². The number of ether oxygens (including phenoxy) is 1. The van der Waals surface area contributed by atoms with E-state index in [4.69, 9.17) is 4.74 Å². The minimum absolute atomic E-state index is 0.0645. The van der Waals surface area contributed by atoms with Gasteiger partial charge in [0.1, 0.15) is 11.0 Å². The molecule has 27 heavy (non-hydrogen) atoms. The van der Waals surface area contributed by atoms with Crippen LogP contribution in [0.1, 0.15) is 18.2 Å². The molecule has 4 heterocycles. The van der Waals surface area contributed by atoms with Gasteiger partial charge in [-0.2, -0.15) is 9.40 Å². The van der Waals surface area contributed by atoms with Crippen LogP contribution in [0.3, 0.4) is 0 Å². The van der Waals surface area contributed by atoms with Crippen LogP contribution >= 0.6 is 0 Å². The Morgan fingerprint density at radius 2 is 2.00 bits per heavy atom. The molecule has 0 bridgehead atoms. The molecule has 4 rings (SSSR count). The van der Waals surface area contributed by atoms with Crippen LogP contribution in [-0.4, -0.2) is 71.7 Å². The molecule has 2 aliphatic heterocycles. The van der Waals surface area contributed by atoms with Crippen LogP contribution in [0, 0.1) is 5.92 Å². The van der Waals surface area contributed by atoms with Gasteiger partial charge in [-0.15, -0.1) is 0 Å². The van der Waals surface area contributed by atoms with Crippen molar-refractivity contribution in [3.05, 3.63) is 42.5 Å². The Kier molecular flexibility index (Phi) is 5.27. The summed E-state index contributed by atoms with van der Waals surface area (Å²) < 4.78 is 34.8. The molecule has 2 saturated heterocycles. The quantitative estimate of drug-likeness (QED) is 0.753. The number of nitrogens with zero attached hydrogens (tertiary/aromatic N) is 5. The highest BCUT2D eigenvalue weighted by Gasteiger charge is 2.35. The second kappa shape index (κ2) is 7.67. The summed E-state index contributed by atoms with van der Waals surface area (Å²) in [5, 5.41) is 4.25. The zero-order chi connectivity index (χ0) is 18.9. The third kappa shape index (κ3) is 3.77. The van der Waals surface area contributed by atoms with Crippen molar-refractivity contribution in [2.75, 3.05) is 39.3 Å². The highest BCUT2D eigenvalue weighted by Crippen LogP contribution is 2.35. The molecule has 0 N–H and O–H groups in total. The van der Waals surface area contributed by atoms with Crippen LogP contribution in [-0.2, 0) is 21.8 Å². The van der Waals surface area contributed by atoms with Gasteiger partial charge < -0.3 is 9.64 Å². The number of hydrogen-bond acceptors (Lipinski definition) is 6. The summed E-state index contributed by atoms with van der Waals surface area (Å²) in [7, 11) is -1.52. The van der Waals surface area contributed by atoms with E-state index >= 15 is 0 Å². The molecule has 0 unspecified atom stereocenters. The molecule has 0 spiro atoms. The first-order valence-corrected chi connectivity index (χ1v) is 10.7. The van der Waals surface area contributed by atoms with E-state index in [1.54, 1.807) is 28.8 Å². The highest BCUT2D eigenvalue weighted by atomic mass is 32.2. The minimum Gasteiger partial charge on any atom is -0.372 e. The molecule has 0 saturated carbocycles. The van der Waals surface area contributed by atoms with Crippen molar-refractivity contribution in [1.29, 1.82) is 0 Å². The van der Waals surface area contributed by atoms with Crippen LogP contribution < -0.4 is 0 Å². The van der Waals surface area contributed by atoms with Crippen molar-refractivity contribution in [1.82, 2.24) is 24.0 Å². The number of aryl methyl sites for hydroxylation is 1. The number of hydrogen-bond donors (Lipinski definition) is 0. The standard InChI is InChI=1S/C18H25N5O3S/c1-21-17(4-7-20-21)18-15(5-12-26-18)14-22-8-10-23(11-9-22)27(24,25)16-3-2-6-19-13-16/h2-4,6-7,13,15,18H,5,8-12,14H2,1H3/t15-,18+/m0/s1. The molecule has 2 aliphatic rings. The van der Waals surface area contributed by atoms with Gasteiger partial charge in [0.15, 0.2) is 0 Å². The topological polar surface area (TPSA) is 80.6 Å². The maximum absolute atomic E-state index is 12.7. The molecule has 0 aliphatic carbocycles. The van der Waals surface area contributed by atoms with Gasteiger partial charge >= 0.3 is 0 Å². The maximum atomic E-state index is 12.7. The third-order valence-corrected chi connectivity index (χ3v) is 7.34. The second-order valence-corrected chi connectivity index (χ2v) is 9.05. The maximum Gasteiger partial charge on any atom is 0.244 e. The SMILES string of the molecule is Cn1nccc1[C@@H]1OCC[C@H]1CN1CCN(S(=O)(=O)c2cccnc2)CC1. The van der Waals surface area contributed by atoms with E-state index in [0.717, 1.165) is 38.4 Å². The van der Waals surface area contributed by atoms with Crippen LogP contribution in [0.2, 0.25) is 0 Å². The van der Waals surface area contributed by atoms with Gasteiger partial charge in [0.2, 0.25) is 10.0 Å². The van der Waals surface area contributed by atoms with Gasteiger partial charge in [0.25, 0.3) is 0 Å². The molecule has 2 aromatic heterocycles. The molecule has 0 amide bonds. The van der Waals surface area contributed by atoms with E-state index in [0.29, 0.717) is 19.0 Å². The number of aromatic nitrogens is 3. The van der Waals surface area contributed by atoms with Gasteiger partial charge in [0.05, 0.1) is 5.69 Å². The molecule has 2 aromatic rings. The van der Waals surface area contributed by atoms with E-state index in [1.165, 1.54) is 6.20 Å². The molecular formula is C18H25N5O3S. The van der Waals surface area contributed by atoms with Crippen molar-refractivity contribution >= 4 is 10.0 Å². The lowest BCUT2D eigenvalue weighted by molar-refractivity contribution is 0.0666. The van der Waals surface area contributed by atoms with Crippen LogP contribution in [0.4, 0.5) is 0 Å². The molecule has 2 atom stereocenters. The molecular weight excluding hydrogens is 366 g/mol. The zero-order valence-corrected chi connectivity index (χ0v) is 16.3. The lowest BCUT2D eigenvalue weighted by Crippen LogP contribution is -2.49. The molecule has 0 aromatic carbocycles. The summed E-state index contributed by atoms with van der Waals surface area (Å²) in [6.45, 7) is 4.14. The Balaban J connectivity index is 1.36. The molecule has 9 heteroatoms. The Morgan fingerprint density at radius 1 is 1.19 bits per heavy atom. The average molecular weight is 391 g/mol. The average Bonchev–Trinajstić information content (AvgIpc) is 3.31. The minimum atomic E-state index is -3.46. The number of sulfonamides is 1. The largest absolute Gasteiger partial charge is 0.372 e. The predicted octanol–water partition coefficient (Wildman–Crippen LogP) is 0.899. The normalized spacial score (nSPS) is 25.1. The van der Waals surface area contributed by atoms with Crippen LogP contribution in [0.25, 0.3) is 0 Å². The fourth-order valence-corrected chi connectivity index (χ4v) is 5.33. The van der Waals surface area contributed by atoms with Crippen LogP contribution in [0.5, 0.6) is 0 Å². The van der Waals surface area contributed by atoms with Gasteiger partial charge in [0, 0.05) is 70.9 Å². The summed E-state index contributed by atoms with van der Waals surface area (Å²) in [5.41, 5.74) is 1.11. The van der Waals surface area contributed by atoms with Crippen molar-refractivity contribution in [2.24, 2.45) is 13.0 Å². The zero-order valence-electron chi connectivity index (χ0n) is 15.4. The summed E-state index contributed by atoms with van der Waals surface area (Å²) in [5.74, 6) is 0.405. The van der Waals surface area contributed by atoms with Crippen molar-refractivity contribution < 1.29 is 13.2 Å². The predicted molar refractivity (Wildman–Crippen MR) is 99.4 cm³/mol. The second-order valence-electron chi connectivity index (χ2n) is 7.11. The Labute approximate surface area is 159 Å². The number of rotatable bonds is 5. The van der Waals surface area contributed by atoms with Crippen molar-refractivity contribution in [2.45, 2.75) is 17.4 Å². The van der Waals surface area contributed by atoms with E-state index in [-0.39, 0.29) is 11.0 Å². The Hall–Kier alpha value is -1.81. The third-order valence-electron chi connectivity index (χ3n) is 5.46. The lowest BCUT2D eigenvalue weighted by atomic mass is 9.98. The van der Waals surface area contributed by atoms with E-state index in [1.807, 2.05) is 17.8 Å². The van der Waals surface area contributed by atoms with Gasteiger partial charge in [-0.3, -0.25) is 9.67 Å². The fourth-order valence-electron chi connectivity index (χ4n) is 3.94. The summed E-state index contributed by atoms with van der Waals surface area (Å²) >= 11 is 0. The number of piperazine rings is 1. The summed E-state index contributed by atoms with van der Waals surface area (Å²) in [4.78, 5) is 6.54. The molecule has 146 valence electrons. The highest BCUT2D eigenvalue weighted by molar-refractivity contribution is 7.89. The van der Waals surface area contributed by atoms with Crippen LogP contribution in [0.15, 0.2) is 41.7 Å². The first-order valence-electron chi connectivity index (χ1n) is 9.28. The Bertz CT molecular complexity index is 862. The molecule has 0 radical (unpaired) electrons. The van der Waals surface area contributed by atoms with E-state index < -0.39 is 10.0 Å². The monoisotopic (exact) mass is 391 g/mol. The first kappa shape index (κ1) is 18.5. The first-order chi connectivity index (χ1) is 13.1. The molecule has 8 nitrogen and oxygen atoms in total. The lowest BCUT2D eigenvalue weighted by Gasteiger charge is -2.35. The number of pyridine rings is 1. The van der Waals surface area contributed by atoms with Gasteiger partial charge in [-0.05, 0) is 24.6 Å². The van der Waals surface area contributed by atoms with Crippen molar-refractivity contribution in [3.63, 3.8) is 0 Å². The van der Waals surface area contributed by atoms with E-state index in [2.05, 4.69) is 15.0 Å². The molecule has 2 fully saturated rings. The van der Waals surface area contributed by atoms with Gasteiger partial charge in [-0.1, -0.05) is 0 Å². The smallest absolute Gasteiger partial charge is 0.244 e. The fraction of sp³-hybridized carbons (Fsp3) is 0.556. The van der Waals surface area contributed by atoms with Crippen molar-refractivity contribution in [3.8, 4) is 0 Å². The van der Waals surface area contributed by atoms with E-state index in [9.17, 15) is 8.42 Å². The Morgan fingerprint density at radius 3 is 2.67 bits per heavy atom.